The molecular formula is C10H20N2. The lowest BCUT2D eigenvalue weighted by atomic mass is 10.1. The molecule has 0 aromatic rings. The van der Waals surface area contributed by atoms with Gasteiger partial charge in [-0.1, -0.05) is 6.92 Å². The van der Waals surface area contributed by atoms with Gasteiger partial charge in [-0.3, -0.25) is 4.99 Å². The van der Waals surface area contributed by atoms with E-state index in [-0.39, 0.29) is 0 Å². The summed E-state index contributed by atoms with van der Waals surface area (Å²) in [6.45, 7) is 4.68. The molecule has 1 heterocycles. The van der Waals surface area contributed by atoms with Crippen LogP contribution in [0.5, 0.6) is 0 Å². The molecule has 0 bridgehead atoms. The Kier molecular flexibility index (Phi) is 4.12. The van der Waals surface area contributed by atoms with E-state index in [1.807, 2.05) is 7.05 Å². The van der Waals surface area contributed by atoms with Gasteiger partial charge in [0.25, 0.3) is 0 Å². The predicted molar refractivity (Wildman–Crippen MR) is 53.7 cm³/mol. The summed E-state index contributed by atoms with van der Waals surface area (Å²) in [6, 6.07) is 0. The van der Waals surface area contributed by atoms with Gasteiger partial charge in [-0.25, -0.2) is 0 Å². The van der Waals surface area contributed by atoms with Gasteiger partial charge in [0.2, 0.25) is 0 Å². The molecule has 0 aliphatic carbocycles. The van der Waals surface area contributed by atoms with Crippen molar-refractivity contribution in [3.05, 3.63) is 0 Å². The number of hydrogen-bond acceptors (Lipinski definition) is 1. The van der Waals surface area contributed by atoms with Crippen LogP contribution in [-0.2, 0) is 0 Å². The summed E-state index contributed by atoms with van der Waals surface area (Å²) in [5.41, 5.74) is 0. The fraction of sp³-hybridized carbons (Fsp3) is 0.900. The fourth-order valence-electron chi connectivity index (χ4n) is 1.79. The summed E-state index contributed by atoms with van der Waals surface area (Å²) in [5.74, 6) is 1.32. The number of nitrogens with zero attached hydrogens (tertiary/aromatic N) is 2. The van der Waals surface area contributed by atoms with Crippen molar-refractivity contribution in [2.24, 2.45) is 4.99 Å². The van der Waals surface area contributed by atoms with Crippen molar-refractivity contribution in [3.8, 4) is 0 Å². The normalized spacial score (nSPS) is 19.8. The summed E-state index contributed by atoms with van der Waals surface area (Å²) >= 11 is 0. The zero-order chi connectivity index (χ0) is 8.81. The highest BCUT2D eigenvalue weighted by Crippen LogP contribution is 2.11. The van der Waals surface area contributed by atoms with E-state index in [9.17, 15) is 0 Å². The van der Waals surface area contributed by atoms with E-state index in [4.69, 9.17) is 0 Å². The lowest BCUT2D eigenvalue weighted by Gasteiger charge is -2.29. The second-order valence-electron chi connectivity index (χ2n) is 3.44. The maximum atomic E-state index is 4.34. The average molecular weight is 168 g/mol. The van der Waals surface area contributed by atoms with E-state index in [1.54, 1.807) is 0 Å². The highest BCUT2D eigenvalue weighted by atomic mass is 15.2. The number of likely N-dealkylation sites (tertiary alicyclic amines) is 1. The molecule has 0 aromatic heterocycles. The van der Waals surface area contributed by atoms with Crippen molar-refractivity contribution in [2.75, 3.05) is 20.1 Å². The minimum Gasteiger partial charge on any atom is -0.360 e. The summed E-state index contributed by atoms with van der Waals surface area (Å²) in [6.07, 6.45) is 6.46. The standard InChI is InChI=1S/C10H20N2/c1-3-7-10(11-2)12-8-5-4-6-9-12/h3-9H2,1-2H3. The molecule has 0 atom stereocenters. The van der Waals surface area contributed by atoms with Crippen LogP contribution in [0.2, 0.25) is 0 Å². The molecule has 70 valence electrons. The third kappa shape index (κ3) is 2.50. The smallest absolute Gasteiger partial charge is 0.0985 e. The van der Waals surface area contributed by atoms with Crippen molar-refractivity contribution in [1.82, 2.24) is 4.90 Å². The van der Waals surface area contributed by atoms with Crippen molar-refractivity contribution in [2.45, 2.75) is 39.0 Å². The molecule has 0 radical (unpaired) electrons. The molecule has 2 heteroatoms. The highest BCUT2D eigenvalue weighted by molar-refractivity contribution is 5.82. The zero-order valence-corrected chi connectivity index (χ0v) is 8.34. The molecule has 0 aromatic carbocycles. The quantitative estimate of drug-likeness (QED) is 0.456. The van der Waals surface area contributed by atoms with Gasteiger partial charge in [0.05, 0.1) is 5.84 Å². The van der Waals surface area contributed by atoms with Gasteiger partial charge < -0.3 is 4.90 Å². The number of amidine groups is 1. The second kappa shape index (κ2) is 5.18. The Morgan fingerprint density at radius 2 is 1.92 bits per heavy atom. The third-order valence-corrected chi connectivity index (χ3v) is 2.45. The molecule has 12 heavy (non-hydrogen) atoms. The maximum absolute atomic E-state index is 4.34. The Morgan fingerprint density at radius 3 is 2.42 bits per heavy atom. The molecule has 2 nitrogen and oxygen atoms in total. The van der Waals surface area contributed by atoms with Crippen molar-refractivity contribution < 1.29 is 0 Å². The molecule has 0 unspecified atom stereocenters. The molecule has 1 aliphatic rings. The molecule has 0 spiro atoms. The number of piperidine rings is 1. The van der Waals surface area contributed by atoms with Crippen LogP contribution in [-0.4, -0.2) is 30.9 Å². The lowest BCUT2D eigenvalue weighted by molar-refractivity contribution is 0.335. The molecule has 1 saturated heterocycles. The topological polar surface area (TPSA) is 15.6 Å². The minimum atomic E-state index is 1.15. The van der Waals surface area contributed by atoms with Crippen LogP contribution in [0.4, 0.5) is 0 Å². The molecule has 0 saturated carbocycles. The van der Waals surface area contributed by atoms with Gasteiger partial charge in [-0.15, -0.1) is 0 Å². The maximum Gasteiger partial charge on any atom is 0.0985 e. The number of hydrogen-bond donors (Lipinski definition) is 0. The van der Waals surface area contributed by atoms with Gasteiger partial charge in [0, 0.05) is 26.6 Å². The van der Waals surface area contributed by atoms with Gasteiger partial charge in [0.15, 0.2) is 0 Å². The van der Waals surface area contributed by atoms with E-state index in [0.29, 0.717) is 0 Å². The first-order chi connectivity index (χ1) is 5.88. The van der Waals surface area contributed by atoms with Crippen LogP contribution in [0.1, 0.15) is 39.0 Å². The molecule has 1 aliphatic heterocycles. The Bertz CT molecular complexity index is 146. The summed E-state index contributed by atoms with van der Waals surface area (Å²) < 4.78 is 0. The first-order valence-corrected chi connectivity index (χ1v) is 5.09. The molecule has 1 fully saturated rings. The van der Waals surface area contributed by atoms with Crippen LogP contribution >= 0.6 is 0 Å². The Balaban J connectivity index is 2.41. The Hall–Kier alpha value is -0.530. The van der Waals surface area contributed by atoms with E-state index in [2.05, 4.69) is 16.8 Å². The van der Waals surface area contributed by atoms with Gasteiger partial charge in [0.1, 0.15) is 0 Å². The molecule has 0 amide bonds. The fourth-order valence-corrected chi connectivity index (χ4v) is 1.79. The summed E-state index contributed by atoms with van der Waals surface area (Å²) in [5, 5.41) is 0. The van der Waals surface area contributed by atoms with E-state index in [0.717, 1.165) is 6.42 Å². The van der Waals surface area contributed by atoms with Crippen molar-refractivity contribution in [3.63, 3.8) is 0 Å². The Labute approximate surface area is 75.7 Å². The zero-order valence-electron chi connectivity index (χ0n) is 8.34. The van der Waals surface area contributed by atoms with Crippen LogP contribution in [0.25, 0.3) is 0 Å². The van der Waals surface area contributed by atoms with Crippen LogP contribution in [0, 0.1) is 0 Å². The van der Waals surface area contributed by atoms with E-state index < -0.39 is 0 Å². The lowest BCUT2D eigenvalue weighted by Crippen LogP contribution is -2.35. The first-order valence-electron chi connectivity index (χ1n) is 5.09. The van der Waals surface area contributed by atoms with Crippen LogP contribution in [0.15, 0.2) is 4.99 Å². The molecule has 1 rings (SSSR count). The minimum absolute atomic E-state index is 1.15. The highest BCUT2D eigenvalue weighted by Gasteiger charge is 2.12. The van der Waals surface area contributed by atoms with E-state index >= 15 is 0 Å². The predicted octanol–water partition coefficient (Wildman–Crippen LogP) is 2.30. The van der Waals surface area contributed by atoms with Crippen LogP contribution in [0.3, 0.4) is 0 Å². The SMILES string of the molecule is CCCC(=NC)N1CCCCC1. The summed E-state index contributed by atoms with van der Waals surface area (Å²) in [4.78, 5) is 6.80. The van der Waals surface area contributed by atoms with Crippen molar-refractivity contribution >= 4 is 5.84 Å². The largest absolute Gasteiger partial charge is 0.360 e. The Morgan fingerprint density at radius 1 is 1.25 bits per heavy atom. The first kappa shape index (κ1) is 9.56. The monoisotopic (exact) mass is 168 g/mol. The third-order valence-electron chi connectivity index (χ3n) is 2.45. The van der Waals surface area contributed by atoms with Gasteiger partial charge in [-0.2, -0.15) is 0 Å². The second-order valence-corrected chi connectivity index (χ2v) is 3.44. The van der Waals surface area contributed by atoms with E-state index in [1.165, 1.54) is 44.6 Å². The van der Waals surface area contributed by atoms with Crippen molar-refractivity contribution in [1.29, 1.82) is 0 Å². The molecule has 0 N–H and O–H groups in total. The average Bonchev–Trinajstić information content (AvgIpc) is 2.15. The van der Waals surface area contributed by atoms with Crippen LogP contribution < -0.4 is 0 Å². The summed E-state index contributed by atoms with van der Waals surface area (Å²) in [7, 11) is 1.92. The number of aliphatic imine (C=N–C) groups is 1. The van der Waals surface area contributed by atoms with Gasteiger partial charge in [-0.05, 0) is 25.7 Å². The van der Waals surface area contributed by atoms with Gasteiger partial charge >= 0.3 is 0 Å². The number of rotatable bonds is 2. The molecular weight excluding hydrogens is 148 g/mol.